The van der Waals surface area contributed by atoms with E-state index in [2.05, 4.69) is 15.8 Å². The van der Waals surface area contributed by atoms with Crippen molar-refractivity contribution in [1.29, 1.82) is 0 Å². The number of amides is 3. The molecule has 7 nitrogen and oxygen atoms in total. The summed E-state index contributed by atoms with van der Waals surface area (Å²) in [4.78, 5) is 42.1. The molecule has 31 heavy (non-hydrogen) atoms. The van der Waals surface area contributed by atoms with Gasteiger partial charge in [-0.2, -0.15) is 0 Å². The predicted molar refractivity (Wildman–Crippen MR) is 122 cm³/mol. The maximum absolute atomic E-state index is 12.1. The topological polar surface area (TPSA) is 91.4 Å². The van der Waals surface area contributed by atoms with Crippen molar-refractivity contribution in [3.8, 4) is 0 Å². The lowest BCUT2D eigenvalue weighted by molar-refractivity contribution is -0.117. The van der Waals surface area contributed by atoms with Gasteiger partial charge in [0.05, 0.1) is 11.4 Å². The van der Waals surface area contributed by atoms with Gasteiger partial charge in [0.15, 0.2) is 5.13 Å². The molecule has 0 unspecified atom stereocenters. The highest BCUT2D eigenvalue weighted by Gasteiger charge is 2.17. The molecule has 3 rings (SSSR count). The summed E-state index contributed by atoms with van der Waals surface area (Å²) in [5.74, 6) is -1.07. The van der Waals surface area contributed by atoms with E-state index in [0.717, 1.165) is 12.0 Å². The van der Waals surface area contributed by atoms with Crippen molar-refractivity contribution in [3.63, 3.8) is 0 Å². The van der Waals surface area contributed by atoms with E-state index in [9.17, 15) is 14.4 Å². The number of nitrogens with one attached hydrogen (secondary N) is 2. The second-order valence-corrected chi connectivity index (χ2v) is 7.41. The van der Waals surface area contributed by atoms with Crippen LogP contribution in [0.4, 0.5) is 10.8 Å². The van der Waals surface area contributed by atoms with Crippen molar-refractivity contribution in [2.45, 2.75) is 20.3 Å². The average Bonchev–Trinajstić information content (AvgIpc) is 3.25. The van der Waals surface area contributed by atoms with E-state index in [1.165, 1.54) is 35.3 Å². The smallest absolute Gasteiger partial charge is 0.269 e. The van der Waals surface area contributed by atoms with Gasteiger partial charge < -0.3 is 0 Å². The zero-order chi connectivity index (χ0) is 22.2. The van der Waals surface area contributed by atoms with Gasteiger partial charge in [-0.15, -0.1) is 11.3 Å². The zero-order valence-corrected chi connectivity index (χ0v) is 18.0. The van der Waals surface area contributed by atoms with Crippen molar-refractivity contribution in [2.75, 3.05) is 4.90 Å². The number of hydrogen-bond acceptors (Lipinski definition) is 5. The van der Waals surface area contributed by atoms with Gasteiger partial charge >= 0.3 is 0 Å². The third kappa shape index (κ3) is 5.86. The molecule has 0 aliphatic carbocycles. The number of nitrogens with zero attached hydrogens (tertiary/aromatic N) is 2. The van der Waals surface area contributed by atoms with E-state index in [-0.39, 0.29) is 5.91 Å². The maximum Gasteiger partial charge on any atom is 0.269 e. The van der Waals surface area contributed by atoms with Gasteiger partial charge in [0.25, 0.3) is 11.8 Å². The van der Waals surface area contributed by atoms with E-state index < -0.39 is 11.8 Å². The fourth-order valence-corrected chi connectivity index (χ4v) is 3.60. The summed E-state index contributed by atoms with van der Waals surface area (Å²) in [6.07, 6.45) is 3.66. The molecule has 0 bridgehead atoms. The van der Waals surface area contributed by atoms with Crippen LogP contribution >= 0.6 is 11.3 Å². The van der Waals surface area contributed by atoms with Gasteiger partial charge in [0.2, 0.25) is 5.91 Å². The van der Waals surface area contributed by atoms with Crippen LogP contribution in [0.5, 0.6) is 0 Å². The number of aryl methyl sites for hydroxylation is 1. The Morgan fingerprint density at radius 1 is 1.03 bits per heavy atom. The number of thiazole rings is 1. The SMILES string of the molecule is CCc1ccc(C(=O)NNC(=O)/C=C/c2csc(N(C(C)=O)c3ccccc3)n2)cc1. The number of carbonyl (C=O) groups is 3. The van der Waals surface area contributed by atoms with Gasteiger partial charge in [-0.1, -0.05) is 37.3 Å². The Kier molecular flexibility index (Phi) is 7.29. The highest BCUT2D eigenvalue weighted by atomic mass is 32.1. The lowest BCUT2D eigenvalue weighted by atomic mass is 10.1. The van der Waals surface area contributed by atoms with Crippen LogP contribution in [-0.2, 0) is 16.0 Å². The molecule has 158 valence electrons. The molecule has 1 aromatic heterocycles. The molecular weight excluding hydrogens is 412 g/mol. The standard InChI is InChI=1S/C23H22N4O3S/c1-3-17-9-11-18(12-10-17)22(30)26-25-21(29)14-13-19-15-31-23(24-19)27(16(2)28)20-7-5-4-6-8-20/h4-15H,3H2,1-2H3,(H,25,29)(H,26,30)/b14-13+. The minimum Gasteiger partial charge on any atom is -0.274 e. The number of rotatable bonds is 6. The second-order valence-electron chi connectivity index (χ2n) is 6.57. The summed E-state index contributed by atoms with van der Waals surface area (Å²) in [5, 5.41) is 2.24. The Morgan fingerprint density at radius 3 is 2.39 bits per heavy atom. The van der Waals surface area contributed by atoms with E-state index in [1.54, 1.807) is 17.5 Å². The molecule has 0 saturated heterocycles. The molecule has 0 saturated carbocycles. The zero-order valence-electron chi connectivity index (χ0n) is 17.2. The van der Waals surface area contributed by atoms with Crippen LogP contribution in [0.15, 0.2) is 66.1 Å². The minimum absolute atomic E-state index is 0.163. The number of hydrazine groups is 1. The number of anilines is 2. The molecule has 0 aliphatic rings. The number of aromatic nitrogens is 1. The van der Waals surface area contributed by atoms with Crippen molar-refractivity contribution in [1.82, 2.24) is 15.8 Å². The molecule has 0 aliphatic heterocycles. The third-order valence-corrected chi connectivity index (χ3v) is 5.20. The summed E-state index contributed by atoms with van der Waals surface area (Å²) in [6.45, 7) is 3.50. The Hall–Kier alpha value is -3.78. The van der Waals surface area contributed by atoms with Crippen LogP contribution in [0.25, 0.3) is 6.08 Å². The van der Waals surface area contributed by atoms with Crippen LogP contribution in [0.3, 0.4) is 0 Å². The van der Waals surface area contributed by atoms with Gasteiger partial charge in [-0.05, 0) is 42.3 Å². The van der Waals surface area contributed by atoms with Crippen molar-refractivity contribution >= 4 is 46.0 Å². The highest BCUT2D eigenvalue weighted by Crippen LogP contribution is 2.28. The summed E-state index contributed by atoms with van der Waals surface area (Å²) in [5.41, 5.74) is 7.53. The molecule has 3 amide bonds. The van der Waals surface area contributed by atoms with Gasteiger partial charge in [0, 0.05) is 23.9 Å². The highest BCUT2D eigenvalue weighted by molar-refractivity contribution is 7.14. The summed E-state index contributed by atoms with van der Waals surface area (Å²) >= 11 is 1.29. The second kappa shape index (κ2) is 10.3. The fraction of sp³-hybridized carbons (Fsp3) is 0.130. The monoisotopic (exact) mass is 434 g/mol. The first-order chi connectivity index (χ1) is 15.0. The molecule has 1 heterocycles. The maximum atomic E-state index is 12.1. The summed E-state index contributed by atoms with van der Waals surface area (Å²) in [6, 6.07) is 16.4. The Balaban J connectivity index is 1.59. The average molecular weight is 435 g/mol. The third-order valence-electron chi connectivity index (χ3n) is 4.36. The Labute approximate surface area is 184 Å². The van der Waals surface area contributed by atoms with Crippen LogP contribution in [0, 0.1) is 0 Å². The lowest BCUT2D eigenvalue weighted by Crippen LogP contribution is -2.40. The molecule has 0 radical (unpaired) electrons. The van der Waals surface area contributed by atoms with Gasteiger partial charge in [-0.25, -0.2) is 4.98 Å². The first-order valence-electron chi connectivity index (χ1n) is 9.66. The molecule has 0 fully saturated rings. The van der Waals surface area contributed by atoms with E-state index >= 15 is 0 Å². The first kappa shape index (κ1) is 21.9. The summed E-state index contributed by atoms with van der Waals surface area (Å²) in [7, 11) is 0. The minimum atomic E-state index is -0.500. The predicted octanol–water partition coefficient (Wildman–Crippen LogP) is 3.86. The first-order valence-corrected chi connectivity index (χ1v) is 10.5. The van der Waals surface area contributed by atoms with E-state index in [0.29, 0.717) is 22.1 Å². The largest absolute Gasteiger partial charge is 0.274 e. The number of benzene rings is 2. The summed E-state index contributed by atoms with van der Waals surface area (Å²) < 4.78 is 0. The Morgan fingerprint density at radius 2 is 1.74 bits per heavy atom. The molecule has 8 heteroatoms. The lowest BCUT2D eigenvalue weighted by Gasteiger charge is -2.17. The van der Waals surface area contributed by atoms with Crippen LogP contribution in [-0.4, -0.2) is 22.7 Å². The van der Waals surface area contributed by atoms with Crippen LogP contribution < -0.4 is 15.8 Å². The van der Waals surface area contributed by atoms with Crippen LogP contribution in [0.2, 0.25) is 0 Å². The number of carbonyl (C=O) groups excluding carboxylic acids is 3. The molecule has 3 aromatic rings. The van der Waals surface area contributed by atoms with Crippen molar-refractivity contribution < 1.29 is 14.4 Å². The van der Waals surface area contributed by atoms with Crippen molar-refractivity contribution in [3.05, 3.63) is 82.9 Å². The molecule has 2 aromatic carbocycles. The molecule has 2 N–H and O–H groups in total. The quantitative estimate of drug-likeness (QED) is 0.455. The normalized spacial score (nSPS) is 10.6. The van der Waals surface area contributed by atoms with Crippen LogP contribution in [0.1, 0.15) is 35.5 Å². The number of para-hydroxylation sites is 1. The fourth-order valence-electron chi connectivity index (χ4n) is 2.74. The van der Waals surface area contributed by atoms with Crippen molar-refractivity contribution in [2.24, 2.45) is 0 Å². The van der Waals surface area contributed by atoms with E-state index in [1.807, 2.05) is 49.4 Å². The van der Waals surface area contributed by atoms with E-state index in [4.69, 9.17) is 0 Å². The molecule has 0 atom stereocenters. The molecule has 0 spiro atoms. The Bertz CT molecular complexity index is 1090. The molecular formula is C23H22N4O3S. The van der Waals surface area contributed by atoms with Gasteiger partial charge in [0.1, 0.15) is 0 Å². The number of hydrogen-bond donors (Lipinski definition) is 2. The van der Waals surface area contributed by atoms with Gasteiger partial charge in [-0.3, -0.25) is 30.1 Å².